The third-order valence-corrected chi connectivity index (χ3v) is 4.66. The number of anilines is 1. The van der Waals surface area contributed by atoms with Gasteiger partial charge >= 0.3 is 0 Å². The number of hydrogen-bond acceptors (Lipinski definition) is 3. The van der Waals surface area contributed by atoms with Gasteiger partial charge in [-0.3, -0.25) is 9.10 Å². The van der Waals surface area contributed by atoms with Crippen LogP contribution in [-0.2, 0) is 21.2 Å². The van der Waals surface area contributed by atoms with Gasteiger partial charge in [0, 0.05) is 6.54 Å². The predicted octanol–water partition coefficient (Wildman–Crippen LogP) is 2.23. The third-order valence-electron chi connectivity index (χ3n) is 3.55. The summed E-state index contributed by atoms with van der Waals surface area (Å²) in [7, 11) is -4.11. The van der Waals surface area contributed by atoms with E-state index in [4.69, 9.17) is 0 Å². The maximum atomic E-state index is 13.9. The lowest BCUT2D eigenvalue weighted by Gasteiger charge is -2.22. The van der Waals surface area contributed by atoms with Gasteiger partial charge in [0.05, 0.1) is 6.26 Å². The van der Waals surface area contributed by atoms with Crippen molar-refractivity contribution in [1.29, 1.82) is 0 Å². The van der Waals surface area contributed by atoms with E-state index >= 15 is 0 Å². The Morgan fingerprint density at radius 1 is 1.00 bits per heavy atom. The van der Waals surface area contributed by atoms with E-state index in [0.29, 0.717) is 9.87 Å². The smallest absolute Gasteiger partial charge is 0.240 e. The van der Waals surface area contributed by atoms with E-state index in [-0.39, 0.29) is 13.0 Å². The molecule has 0 aliphatic heterocycles. The molecule has 0 unspecified atom stereocenters. The van der Waals surface area contributed by atoms with Crippen LogP contribution in [0, 0.1) is 17.5 Å². The molecule has 5 nitrogen and oxygen atoms in total. The molecule has 0 saturated heterocycles. The second-order valence-corrected chi connectivity index (χ2v) is 7.44. The fourth-order valence-corrected chi connectivity index (χ4v) is 3.17. The summed E-state index contributed by atoms with van der Waals surface area (Å²) >= 11 is 0. The molecule has 0 fully saturated rings. The van der Waals surface area contributed by atoms with Gasteiger partial charge in [-0.15, -0.1) is 0 Å². The number of nitrogens with one attached hydrogen (secondary N) is 1. The van der Waals surface area contributed by atoms with E-state index in [1.54, 1.807) is 12.1 Å². The molecule has 0 aliphatic rings. The van der Waals surface area contributed by atoms with Crippen molar-refractivity contribution in [3.8, 4) is 0 Å². The number of sulfonamides is 1. The summed E-state index contributed by atoms with van der Waals surface area (Å²) in [6.07, 6.45) is 0.927. The van der Waals surface area contributed by atoms with Crippen LogP contribution in [0.25, 0.3) is 0 Å². The zero-order valence-corrected chi connectivity index (χ0v) is 14.7. The lowest BCUT2D eigenvalue weighted by Crippen LogP contribution is -2.41. The van der Waals surface area contributed by atoms with Crippen LogP contribution in [0.3, 0.4) is 0 Å². The van der Waals surface area contributed by atoms with Gasteiger partial charge in [0.25, 0.3) is 0 Å². The number of halogens is 3. The first-order valence-corrected chi connectivity index (χ1v) is 9.47. The topological polar surface area (TPSA) is 66.5 Å². The number of para-hydroxylation sites is 1. The average Bonchev–Trinajstić information content (AvgIpc) is 2.54. The number of hydrogen-bond donors (Lipinski definition) is 1. The largest absolute Gasteiger partial charge is 0.354 e. The van der Waals surface area contributed by atoms with Crippen molar-refractivity contribution in [2.24, 2.45) is 0 Å². The van der Waals surface area contributed by atoms with Crippen LogP contribution in [0.15, 0.2) is 42.5 Å². The van der Waals surface area contributed by atoms with Gasteiger partial charge in [0.15, 0.2) is 11.6 Å². The van der Waals surface area contributed by atoms with Gasteiger partial charge in [-0.1, -0.05) is 24.3 Å². The van der Waals surface area contributed by atoms with Crippen LogP contribution in [-0.4, -0.2) is 33.7 Å². The molecule has 0 aromatic heterocycles. The van der Waals surface area contributed by atoms with Crippen molar-refractivity contribution < 1.29 is 26.4 Å². The van der Waals surface area contributed by atoms with Crippen LogP contribution in [0.1, 0.15) is 5.56 Å². The molecule has 0 radical (unpaired) electrons. The monoisotopic (exact) mass is 386 g/mol. The van der Waals surface area contributed by atoms with E-state index < -0.39 is 45.6 Å². The molecule has 0 spiro atoms. The molecule has 1 N–H and O–H groups in total. The second-order valence-electron chi connectivity index (χ2n) is 5.53. The van der Waals surface area contributed by atoms with Gasteiger partial charge in [-0.05, 0) is 30.2 Å². The van der Waals surface area contributed by atoms with Gasteiger partial charge in [-0.25, -0.2) is 21.6 Å². The molecule has 0 bridgehead atoms. The summed E-state index contributed by atoms with van der Waals surface area (Å²) in [5, 5.41) is 2.41. The minimum absolute atomic E-state index is 0.0388. The Hall–Kier alpha value is -2.55. The number of rotatable bonds is 7. The first-order chi connectivity index (χ1) is 12.2. The Kier molecular flexibility index (Phi) is 6.25. The van der Waals surface area contributed by atoms with E-state index in [1.807, 2.05) is 0 Å². The highest BCUT2D eigenvalue weighted by molar-refractivity contribution is 7.92. The Balaban J connectivity index is 2.07. The summed E-state index contributed by atoms with van der Waals surface area (Å²) < 4.78 is 65.4. The van der Waals surface area contributed by atoms with Crippen molar-refractivity contribution in [3.63, 3.8) is 0 Å². The van der Waals surface area contributed by atoms with Gasteiger partial charge in [-0.2, -0.15) is 0 Å². The third kappa shape index (κ3) is 4.98. The van der Waals surface area contributed by atoms with Crippen LogP contribution in [0.2, 0.25) is 0 Å². The van der Waals surface area contributed by atoms with Gasteiger partial charge in [0.1, 0.15) is 18.0 Å². The van der Waals surface area contributed by atoms with Gasteiger partial charge < -0.3 is 5.32 Å². The Bertz CT molecular complexity index is 884. The fraction of sp³-hybridized carbons (Fsp3) is 0.235. The summed E-state index contributed by atoms with van der Waals surface area (Å²) in [5.41, 5.74) is -0.438. The Morgan fingerprint density at radius 2 is 1.58 bits per heavy atom. The average molecular weight is 386 g/mol. The summed E-state index contributed by atoms with van der Waals surface area (Å²) in [4.78, 5) is 12.0. The SMILES string of the molecule is CS(=O)(=O)N(CC(=O)NCCc1ccccc1F)c1c(F)cccc1F. The second kappa shape index (κ2) is 8.22. The number of amides is 1. The molecule has 1 amide bonds. The van der Waals surface area contributed by atoms with Crippen molar-refractivity contribution in [2.75, 3.05) is 23.7 Å². The number of nitrogens with zero attached hydrogens (tertiary/aromatic N) is 1. The maximum Gasteiger partial charge on any atom is 0.240 e. The molecule has 2 rings (SSSR count). The minimum atomic E-state index is -4.11. The minimum Gasteiger partial charge on any atom is -0.354 e. The Morgan fingerprint density at radius 3 is 2.15 bits per heavy atom. The molecule has 2 aromatic rings. The van der Waals surface area contributed by atoms with Crippen LogP contribution in [0.4, 0.5) is 18.9 Å². The molecule has 0 heterocycles. The maximum absolute atomic E-state index is 13.9. The van der Waals surface area contributed by atoms with E-state index in [2.05, 4.69) is 5.32 Å². The van der Waals surface area contributed by atoms with Crippen LogP contribution in [0.5, 0.6) is 0 Å². The molecular formula is C17H17F3N2O3S. The summed E-state index contributed by atoms with van der Waals surface area (Å²) in [6.45, 7) is -0.759. The lowest BCUT2D eigenvalue weighted by atomic mass is 10.1. The summed E-state index contributed by atoms with van der Waals surface area (Å²) in [6, 6.07) is 8.89. The van der Waals surface area contributed by atoms with Crippen LogP contribution < -0.4 is 9.62 Å². The molecule has 0 saturated carbocycles. The van der Waals surface area contributed by atoms with Crippen molar-refractivity contribution in [1.82, 2.24) is 5.32 Å². The first kappa shape index (κ1) is 19.8. The quantitative estimate of drug-likeness (QED) is 0.794. The predicted molar refractivity (Wildman–Crippen MR) is 91.7 cm³/mol. The fourth-order valence-electron chi connectivity index (χ4n) is 2.31. The van der Waals surface area contributed by atoms with Crippen molar-refractivity contribution in [2.45, 2.75) is 6.42 Å². The van der Waals surface area contributed by atoms with Gasteiger partial charge in [0.2, 0.25) is 15.9 Å². The molecule has 140 valence electrons. The van der Waals surface area contributed by atoms with E-state index in [1.165, 1.54) is 12.1 Å². The summed E-state index contributed by atoms with van der Waals surface area (Å²) in [5.74, 6) is -3.40. The number of carbonyl (C=O) groups is 1. The zero-order valence-electron chi connectivity index (χ0n) is 13.9. The van der Waals surface area contributed by atoms with Crippen molar-refractivity contribution in [3.05, 3.63) is 65.5 Å². The standard InChI is InChI=1S/C17H17F3N2O3S/c1-26(24,25)22(17-14(19)7-4-8-15(17)20)11-16(23)21-10-9-12-5-2-3-6-13(12)18/h2-8H,9-11H2,1H3,(H,21,23). The molecular weight excluding hydrogens is 369 g/mol. The number of carbonyl (C=O) groups excluding carboxylic acids is 1. The normalized spacial score (nSPS) is 11.2. The molecule has 0 aliphatic carbocycles. The van der Waals surface area contributed by atoms with E-state index in [9.17, 15) is 26.4 Å². The highest BCUT2D eigenvalue weighted by atomic mass is 32.2. The molecule has 0 atom stereocenters. The highest BCUT2D eigenvalue weighted by Crippen LogP contribution is 2.25. The first-order valence-electron chi connectivity index (χ1n) is 7.62. The van der Waals surface area contributed by atoms with Crippen molar-refractivity contribution >= 4 is 21.6 Å². The Labute approximate surface area is 149 Å². The molecule has 26 heavy (non-hydrogen) atoms. The highest BCUT2D eigenvalue weighted by Gasteiger charge is 2.26. The zero-order chi connectivity index (χ0) is 19.3. The van der Waals surface area contributed by atoms with E-state index in [0.717, 1.165) is 24.5 Å². The number of benzene rings is 2. The molecule has 2 aromatic carbocycles. The van der Waals surface area contributed by atoms with Crippen LogP contribution >= 0.6 is 0 Å². The lowest BCUT2D eigenvalue weighted by molar-refractivity contribution is -0.119. The molecule has 9 heteroatoms.